The van der Waals surface area contributed by atoms with Gasteiger partial charge in [-0.05, 0) is 42.0 Å². The number of nitrogens with zero attached hydrogens (tertiary/aromatic N) is 1. The smallest absolute Gasteiger partial charge is 0.416 e. The molecule has 0 aliphatic carbocycles. The van der Waals surface area contributed by atoms with Gasteiger partial charge in [0.05, 0.1) is 23.2 Å². The molecule has 2 nitrogen and oxygen atoms in total. The number of para-hydroxylation sites is 1. The van der Waals surface area contributed by atoms with Crippen molar-refractivity contribution in [2.24, 2.45) is 4.99 Å². The van der Waals surface area contributed by atoms with Crippen LogP contribution >= 0.6 is 11.8 Å². The summed E-state index contributed by atoms with van der Waals surface area (Å²) in [6, 6.07) is 16.8. The Labute approximate surface area is 152 Å². The van der Waals surface area contributed by atoms with E-state index in [-0.39, 0.29) is 5.25 Å². The van der Waals surface area contributed by atoms with Crippen LogP contribution in [0.1, 0.15) is 28.6 Å². The van der Waals surface area contributed by atoms with E-state index in [2.05, 4.69) is 0 Å². The second kappa shape index (κ2) is 6.68. The van der Waals surface area contributed by atoms with Crippen LogP contribution in [0.2, 0.25) is 0 Å². The molecule has 26 heavy (non-hydrogen) atoms. The maximum atomic E-state index is 12.8. The molecule has 0 bridgehead atoms. The van der Waals surface area contributed by atoms with Crippen LogP contribution in [0, 0.1) is 0 Å². The largest absolute Gasteiger partial charge is 0.463 e. The van der Waals surface area contributed by atoms with Gasteiger partial charge < -0.3 is 4.42 Å². The van der Waals surface area contributed by atoms with Crippen molar-refractivity contribution in [1.82, 2.24) is 0 Å². The highest BCUT2D eigenvalue weighted by atomic mass is 32.2. The fourth-order valence-corrected chi connectivity index (χ4v) is 4.11. The lowest BCUT2D eigenvalue weighted by atomic mass is 10.0. The predicted octanol–water partition coefficient (Wildman–Crippen LogP) is 6.66. The number of alkyl halides is 3. The van der Waals surface area contributed by atoms with Crippen molar-refractivity contribution >= 4 is 23.2 Å². The van der Waals surface area contributed by atoms with Gasteiger partial charge in [0.25, 0.3) is 0 Å². The van der Waals surface area contributed by atoms with Gasteiger partial charge in [-0.15, -0.1) is 11.8 Å². The van der Waals surface area contributed by atoms with Gasteiger partial charge in [-0.2, -0.15) is 13.2 Å². The lowest BCUT2D eigenvalue weighted by molar-refractivity contribution is -0.137. The summed E-state index contributed by atoms with van der Waals surface area (Å²) in [5.41, 5.74) is 1.83. The van der Waals surface area contributed by atoms with Crippen LogP contribution in [-0.4, -0.2) is 5.71 Å². The van der Waals surface area contributed by atoms with Gasteiger partial charge in [0.1, 0.15) is 5.76 Å². The number of aliphatic imine (C=N–C) groups is 1. The zero-order valence-electron chi connectivity index (χ0n) is 13.5. The van der Waals surface area contributed by atoms with Gasteiger partial charge in [-0.1, -0.05) is 24.3 Å². The summed E-state index contributed by atoms with van der Waals surface area (Å²) >= 11 is 1.61. The molecule has 132 valence electrons. The quantitative estimate of drug-likeness (QED) is 0.502. The maximum absolute atomic E-state index is 12.8. The minimum Gasteiger partial charge on any atom is -0.463 e. The van der Waals surface area contributed by atoms with E-state index in [1.165, 1.54) is 0 Å². The molecule has 1 aliphatic heterocycles. The number of benzene rings is 2. The first-order chi connectivity index (χ1) is 12.5. The summed E-state index contributed by atoms with van der Waals surface area (Å²) in [4.78, 5) is 5.74. The average Bonchev–Trinajstić information content (AvgIpc) is 3.09. The molecular weight excluding hydrogens is 359 g/mol. The van der Waals surface area contributed by atoms with Gasteiger partial charge in [0, 0.05) is 16.6 Å². The van der Waals surface area contributed by atoms with Crippen LogP contribution in [0.3, 0.4) is 0 Å². The molecule has 1 atom stereocenters. The van der Waals surface area contributed by atoms with Gasteiger partial charge in [-0.25, -0.2) is 4.99 Å². The molecule has 2 aromatic carbocycles. The molecule has 1 aliphatic rings. The number of furan rings is 1. The van der Waals surface area contributed by atoms with E-state index in [1.54, 1.807) is 36.2 Å². The molecule has 0 spiro atoms. The van der Waals surface area contributed by atoms with Gasteiger partial charge in [0.2, 0.25) is 0 Å². The Morgan fingerprint density at radius 1 is 0.962 bits per heavy atom. The van der Waals surface area contributed by atoms with Crippen LogP contribution in [0.5, 0.6) is 0 Å². The number of hydrogen-bond acceptors (Lipinski definition) is 3. The van der Waals surface area contributed by atoms with E-state index in [1.807, 2.05) is 30.3 Å². The topological polar surface area (TPSA) is 25.5 Å². The van der Waals surface area contributed by atoms with Gasteiger partial charge >= 0.3 is 6.18 Å². The molecule has 1 aromatic heterocycles. The molecule has 0 saturated carbocycles. The number of rotatable bonds is 2. The molecule has 0 amide bonds. The van der Waals surface area contributed by atoms with E-state index in [9.17, 15) is 13.2 Å². The number of halogens is 3. The summed E-state index contributed by atoms with van der Waals surface area (Å²) in [5.74, 6) is 0.680. The van der Waals surface area contributed by atoms with Crippen LogP contribution < -0.4 is 0 Å². The Morgan fingerprint density at radius 3 is 2.42 bits per heavy atom. The van der Waals surface area contributed by atoms with Crippen LogP contribution in [0.4, 0.5) is 18.9 Å². The lowest BCUT2D eigenvalue weighted by Crippen LogP contribution is -2.07. The number of thioether (sulfide) groups is 1. The predicted molar refractivity (Wildman–Crippen MR) is 96.0 cm³/mol. The Balaban J connectivity index is 1.72. The summed E-state index contributed by atoms with van der Waals surface area (Å²) in [5, 5.41) is -0.0511. The van der Waals surface area contributed by atoms with Crippen molar-refractivity contribution in [2.75, 3.05) is 0 Å². The third-order valence-electron chi connectivity index (χ3n) is 4.18. The molecule has 0 saturated heterocycles. The zero-order chi connectivity index (χ0) is 18.1. The maximum Gasteiger partial charge on any atom is 0.416 e. The number of hydrogen-bond donors (Lipinski definition) is 0. The van der Waals surface area contributed by atoms with Gasteiger partial charge in [0.15, 0.2) is 0 Å². The highest BCUT2D eigenvalue weighted by Crippen LogP contribution is 2.45. The van der Waals surface area contributed by atoms with Crippen LogP contribution in [-0.2, 0) is 6.18 Å². The van der Waals surface area contributed by atoms with Crippen LogP contribution in [0.15, 0.2) is 81.2 Å². The van der Waals surface area contributed by atoms with Crippen molar-refractivity contribution in [2.45, 2.75) is 22.7 Å². The highest BCUT2D eigenvalue weighted by Gasteiger charge is 2.31. The third kappa shape index (κ3) is 3.42. The Morgan fingerprint density at radius 2 is 1.73 bits per heavy atom. The van der Waals surface area contributed by atoms with Crippen molar-refractivity contribution in [3.05, 3.63) is 83.8 Å². The van der Waals surface area contributed by atoms with Crippen molar-refractivity contribution in [3.8, 4) is 0 Å². The van der Waals surface area contributed by atoms with Crippen molar-refractivity contribution < 1.29 is 17.6 Å². The fraction of sp³-hybridized carbons (Fsp3) is 0.150. The molecular formula is C20H14F3NOS. The van der Waals surface area contributed by atoms with E-state index in [4.69, 9.17) is 9.41 Å². The number of fused-ring (bicyclic) bond motifs is 1. The van der Waals surface area contributed by atoms with Gasteiger partial charge in [-0.3, -0.25) is 0 Å². The lowest BCUT2D eigenvalue weighted by Gasteiger charge is -2.16. The minimum absolute atomic E-state index is 0.0511. The summed E-state index contributed by atoms with van der Waals surface area (Å²) in [6.07, 6.45) is -2.17. The molecule has 0 unspecified atom stereocenters. The van der Waals surface area contributed by atoms with Crippen molar-refractivity contribution in [3.63, 3.8) is 0 Å². The molecule has 6 heteroatoms. The standard InChI is InChI=1S/C20H14F3NOS/c21-20(22,23)14-9-7-13(8-10-14)19-12-16(17-5-3-11-25-17)24-15-4-1-2-6-18(15)26-19/h1-11,19H,12H2/t19-/m1/s1. The monoisotopic (exact) mass is 373 g/mol. The average molecular weight is 373 g/mol. The fourth-order valence-electron chi connectivity index (χ4n) is 2.88. The highest BCUT2D eigenvalue weighted by molar-refractivity contribution is 7.99. The molecule has 0 radical (unpaired) electrons. The molecule has 4 rings (SSSR count). The summed E-state index contributed by atoms with van der Waals surface area (Å²) < 4.78 is 44.0. The third-order valence-corrected chi connectivity index (χ3v) is 5.51. The first kappa shape index (κ1) is 17.0. The minimum atomic E-state index is -4.33. The van der Waals surface area contributed by atoms with E-state index >= 15 is 0 Å². The van der Waals surface area contributed by atoms with E-state index in [0.29, 0.717) is 12.2 Å². The van der Waals surface area contributed by atoms with Crippen LogP contribution in [0.25, 0.3) is 0 Å². The normalized spacial score (nSPS) is 17.3. The molecule has 2 heterocycles. The second-order valence-electron chi connectivity index (χ2n) is 5.93. The summed E-state index contributed by atoms with van der Waals surface area (Å²) in [7, 11) is 0. The molecule has 0 N–H and O–H groups in total. The first-order valence-electron chi connectivity index (χ1n) is 8.05. The Bertz CT molecular complexity index is 930. The van der Waals surface area contributed by atoms with E-state index < -0.39 is 11.7 Å². The van der Waals surface area contributed by atoms with Crippen molar-refractivity contribution in [1.29, 1.82) is 0 Å². The Kier molecular flexibility index (Phi) is 4.36. The SMILES string of the molecule is FC(F)(F)c1ccc([C@H]2CC(c3ccco3)=Nc3ccccc3S2)cc1. The molecule has 3 aromatic rings. The first-order valence-corrected chi connectivity index (χ1v) is 8.93. The Hall–Kier alpha value is -2.47. The molecule has 0 fully saturated rings. The zero-order valence-corrected chi connectivity index (χ0v) is 14.3. The van der Waals surface area contributed by atoms with E-state index in [0.717, 1.165) is 34.0 Å². The second-order valence-corrected chi connectivity index (χ2v) is 7.18. The summed E-state index contributed by atoms with van der Waals surface area (Å²) in [6.45, 7) is 0.